The van der Waals surface area contributed by atoms with Crippen LogP contribution in [0.5, 0.6) is 5.75 Å². The second-order valence-electron chi connectivity index (χ2n) is 3.79. The number of hydrogen-bond acceptors (Lipinski definition) is 4. The molecule has 0 saturated carbocycles. The van der Waals surface area contributed by atoms with Gasteiger partial charge in [-0.25, -0.2) is 9.37 Å². The van der Waals surface area contributed by atoms with E-state index in [9.17, 15) is 9.50 Å². The van der Waals surface area contributed by atoms with Crippen LogP contribution in [0.15, 0.2) is 28.8 Å². The van der Waals surface area contributed by atoms with Crippen molar-refractivity contribution < 1.29 is 13.9 Å². The molecule has 1 aromatic heterocycles. The lowest BCUT2D eigenvalue weighted by Crippen LogP contribution is -2.12. The van der Waals surface area contributed by atoms with E-state index >= 15 is 0 Å². The second-order valence-corrected chi connectivity index (χ2v) is 3.79. The maximum absolute atomic E-state index is 13.0. The van der Waals surface area contributed by atoms with Crippen molar-refractivity contribution in [2.24, 2.45) is 0 Å². The Labute approximate surface area is 98.1 Å². The number of rotatable bonds is 4. The van der Waals surface area contributed by atoms with E-state index in [1.54, 1.807) is 6.20 Å². The van der Waals surface area contributed by atoms with Gasteiger partial charge in [0.2, 0.25) is 5.89 Å². The van der Waals surface area contributed by atoms with Gasteiger partial charge >= 0.3 is 0 Å². The van der Waals surface area contributed by atoms with Gasteiger partial charge in [-0.05, 0) is 24.6 Å². The number of nitrogens with zero attached hydrogens (tertiary/aromatic N) is 1. The van der Waals surface area contributed by atoms with E-state index in [2.05, 4.69) is 10.3 Å². The third kappa shape index (κ3) is 3.29. The molecule has 17 heavy (non-hydrogen) atoms. The fourth-order valence-corrected chi connectivity index (χ4v) is 1.53. The normalized spacial score (nSPS) is 10.7. The smallest absolute Gasteiger partial charge is 0.208 e. The zero-order chi connectivity index (χ0) is 12.3. The van der Waals surface area contributed by atoms with Crippen molar-refractivity contribution in [3.63, 3.8) is 0 Å². The molecule has 2 aromatic rings. The van der Waals surface area contributed by atoms with Crippen LogP contribution in [-0.4, -0.2) is 10.1 Å². The molecular formula is C12H13FN2O2. The Morgan fingerprint density at radius 1 is 1.35 bits per heavy atom. The molecule has 0 radical (unpaired) electrons. The number of benzene rings is 1. The lowest BCUT2D eigenvalue weighted by Gasteiger charge is -2.03. The highest BCUT2D eigenvalue weighted by molar-refractivity contribution is 5.28. The van der Waals surface area contributed by atoms with Crippen LogP contribution in [0.1, 0.15) is 17.2 Å². The van der Waals surface area contributed by atoms with Crippen molar-refractivity contribution in [3.05, 3.63) is 47.4 Å². The molecule has 0 atom stereocenters. The monoisotopic (exact) mass is 236 g/mol. The highest BCUT2D eigenvalue weighted by Gasteiger charge is 2.02. The number of aryl methyl sites for hydroxylation is 1. The predicted molar refractivity (Wildman–Crippen MR) is 59.8 cm³/mol. The van der Waals surface area contributed by atoms with Crippen molar-refractivity contribution >= 4 is 0 Å². The Bertz CT molecular complexity index is 491. The van der Waals surface area contributed by atoms with Gasteiger partial charge in [0.1, 0.15) is 17.3 Å². The summed E-state index contributed by atoms with van der Waals surface area (Å²) in [5, 5.41) is 12.3. The number of nitrogens with one attached hydrogen (secondary N) is 1. The van der Waals surface area contributed by atoms with Gasteiger partial charge in [0, 0.05) is 12.6 Å². The highest BCUT2D eigenvalue weighted by Crippen LogP contribution is 2.14. The van der Waals surface area contributed by atoms with Gasteiger partial charge in [-0.2, -0.15) is 0 Å². The van der Waals surface area contributed by atoms with E-state index in [1.807, 2.05) is 6.92 Å². The average Bonchev–Trinajstić information content (AvgIpc) is 2.63. The summed E-state index contributed by atoms with van der Waals surface area (Å²) < 4.78 is 18.2. The van der Waals surface area contributed by atoms with Crippen LogP contribution in [0.4, 0.5) is 4.39 Å². The average molecular weight is 236 g/mol. The van der Waals surface area contributed by atoms with Gasteiger partial charge in [0.25, 0.3) is 0 Å². The molecule has 0 amide bonds. The third-order valence-corrected chi connectivity index (χ3v) is 2.22. The third-order valence-electron chi connectivity index (χ3n) is 2.22. The summed E-state index contributed by atoms with van der Waals surface area (Å²) in [6, 6.07) is 3.95. The van der Waals surface area contributed by atoms with Gasteiger partial charge < -0.3 is 14.8 Å². The minimum atomic E-state index is -0.450. The lowest BCUT2D eigenvalue weighted by atomic mass is 10.2. The summed E-state index contributed by atoms with van der Waals surface area (Å²) in [5.74, 6) is 0.816. The Morgan fingerprint density at radius 2 is 2.18 bits per heavy atom. The molecule has 0 bridgehead atoms. The number of halogens is 1. The van der Waals surface area contributed by atoms with Crippen molar-refractivity contribution in [2.45, 2.75) is 20.0 Å². The molecule has 0 fully saturated rings. The van der Waals surface area contributed by atoms with Crippen LogP contribution in [0.25, 0.3) is 0 Å². The number of hydrogen-bond donors (Lipinski definition) is 2. The van der Waals surface area contributed by atoms with Crippen molar-refractivity contribution in [1.29, 1.82) is 0 Å². The summed E-state index contributed by atoms with van der Waals surface area (Å²) in [5.41, 5.74) is 0.672. The quantitative estimate of drug-likeness (QED) is 0.853. The molecule has 0 spiro atoms. The molecule has 2 rings (SSSR count). The van der Waals surface area contributed by atoms with Crippen molar-refractivity contribution in [1.82, 2.24) is 10.3 Å². The van der Waals surface area contributed by atoms with E-state index in [-0.39, 0.29) is 5.75 Å². The molecule has 1 heterocycles. The van der Waals surface area contributed by atoms with Crippen LogP contribution in [-0.2, 0) is 13.1 Å². The zero-order valence-corrected chi connectivity index (χ0v) is 9.40. The highest BCUT2D eigenvalue weighted by atomic mass is 19.1. The van der Waals surface area contributed by atoms with Gasteiger partial charge in [-0.1, -0.05) is 0 Å². The summed E-state index contributed by atoms with van der Waals surface area (Å²) in [7, 11) is 0. The van der Waals surface area contributed by atoms with Crippen LogP contribution >= 0.6 is 0 Å². The first-order valence-corrected chi connectivity index (χ1v) is 5.24. The predicted octanol–water partition coefficient (Wildman–Crippen LogP) is 2.12. The topological polar surface area (TPSA) is 58.3 Å². The number of aromatic hydroxyl groups is 1. The van der Waals surface area contributed by atoms with Crippen LogP contribution in [0.2, 0.25) is 0 Å². The van der Waals surface area contributed by atoms with Gasteiger partial charge in [-0.3, -0.25) is 0 Å². The minimum Gasteiger partial charge on any atom is -0.508 e. The molecule has 0 aliphatic heterocycles. The summed E-state index contributed by atoms with van der Waals surface area (Å²) in [6.45, 7) is 2.72. The summed E-state index contributed by atoms with van der Waals surface area (Å²) in [6.07, 6.45) is 1.64. The Morgan fingerprint density at radius 3 is 2.82 bits per heavy atom. The van der Waals surface area contributed by atoms with E-state index in [4.69, 9.17) is 4.42 Å². The number of phenolic OH excluding ortho intramolecular Hbond substituents is 1. The summed E-state index contributed by atoms with van der Waals surface area (Å²) >= 11 is 0. The van der Waals surface area contributed by atoms with Gasteiger partial charge in [-0.15, -0.1) is 0 Å². The molecular weight excluding hydrogens is 223 g/mol. The Hall–Kier alpha value is -1.88. The fourth-order valence-electron chi connectivity index (χ4n) is 1.53. The molecule has 90 valence electrons. The standard InChI is InChI=1S/C12H13FN2O2/c1-8-5-15-12(17-8)7-14-6-9-2-10(13)4-11(16)3-9/h2-5,14,16H,6-7H2,1H3. The maximum Gasteiger partial charge on any atom is 0.208 e. The zero-order valence-electron chi connectivity index (χ0n) is 9.40. The van der Waals surface area contributed by atoms with E-state index in [0.717, 1.165) is 11.8 Å². The molecule has 4 nitrogen and oxygen atoms in total. The maximum atomic E-state index is 13.0. The van der Waals surface area contributed by atoms with Crippen LogP contribution < -0.4 is 5.32 Å². The number of oxazole rings is 1. The van der Waals surface area contributed by atoms with E-state index < -0.39 is 5.82 Å². The SMILES string of the molecule is Cc1cnc(CNCc2cc(O)cc(F)c2)o1. The molecule has 1 aromatic carbocycles. The van der Waals surface area contributed by atoms with E-state index in [0.29, 0.717) is 24.5 Å². The largest absolute Gasteiger partial charge is 0.508 e. The molecule has 0 aliphatic rings. The Balaban J connectivity index is 1.89. The second kappa shape index (κ2) is 4.97. The lowest BCUT2D eigenvalue weighted by molar-refractivity contribution is 0.447. The van der Waals surface area contributed by atoms with Crippen molar-refractivity contribution in [2.75, 3.05) is 0 Å². The molecule has 2 N–H and O–H groups in total. The molecule has 0 unspecified atom stereocenters. The Kier molecular flexibility index (Phi) is 3.39. The summed E-state index contributed by atoms with van der Waals surface area (Å²) in [4.78, 5) is 4.03. The van der Waals surface area contributed by atoms with E-state index in [1.165, 1.54) is 12.1 Å². The number of phenols is 1. The van der Waals surface area contributed by atoms with Gasteiger partial charge in [0.05, 0.1) is 12.7 Å². The van der Waals surface area contributed by atoms with Crippen LogP contribution in [0, 0.1) is 12.7 Å². The number of aromatic nitrogens is 1. The first-order chi connectivity index (χ1) is 8.13. The van der Waals surface area contributed by atoms with Crippen LogP contribution in [0.3, 0.4) is 0 Å². The molecule has 5 heteroatoms. The van der Waals surface area contributed by atoms with Gasteiger partial charge in [0.15, 0.2) is 0 Å². The van der Waals surface area contributed by atoms with Crippen molar-refractivity contribution in [3.8, 4) is 5.75 Å². The molecule has 0 aliphatic carbocycles. The first-order valence-electron chi connectivity index (χ1n) is 5.24. The fraction of sp³-hybridized carbons (Fsp3) is 0.250. The minimum absolute atomic E-state index is 0.0752. The first kappa shape index (κ1) is 11.6. The molecule has 0 saturated heterocycles.